The molecule has 1 aliphatic heterocycles. The molecule has 1 aliphatic rings. The highest BCUT2D eigenvalue weighted by molar-refractivity contribution is 5.76. The van der Waals surface area contributed by atoms with E-state index in [-0.39, 0.29) is 11.5 Å². The summed E-state index contributed by atoms with van der Waals surface area (Å²) in [5.74, 6) is 0.0681. The Morgan fingerprint density at radius 2 is 2.00 bits per heavy atom. The molecule has 0 radical (unpaired) electrons. The second-order valence-electron chi connectivity index (χ2n) is 5.46. The van der Waals surface area contributed by atoms with Crippen LogP contribution in [0.25, 0.3) is 5.70 Å². The first-order chi connectivity index (χ1) is 12.1. The number of nitro benzene ring substituents is 1. The van der Waals surface area contributed by atoms with E-state index in [9.17, 15) is 14.5 Å². The van der Waals surface area contributed by atoms with Gasteiger partial charge < -0.3 is 5.32 Å². The van der Waals surface area contributed by atoms with Gasteiger partial charge in [-0.1, -0.05) is 17.2 Å². The fourth-order valence-electron chi connectivity index (χ4n) is 2.71. The minimum absolute atomic E-state index is 0.0117. The molecule has 0 bridgehead atoms. The van der Waals surface area contributed by atoms with Crippen molar-refractivity contribution in [1.82, 2.24) is 20.2 Å². The number of aromatic nitrogens is 4. The smallest absolute Gasteiger partial charge is 0.269 e. The Labute approximate surface area is 140 Å². The van der Waals surface area contributed by atoms with Gasteiger partial charge in [0.1, 0.15) is 11.9 Å². The Balaban J connectivity index is 1.81. The van der Waals surface area contributed by atoms with Gasteiger partial charge in [-0.3, -0.25) is 10.1 Å². The Bertz CT molecular complexity index is 982. The molecule has 25 heavy (non-hydrogen) atoms. The third kappa shape index (κ3) is 2.71. The van der Waals surface area contributed by atoms with E-state index in [0.717, 1.165) is 5.56 Å². The summed E-state index contributed by atoms with van der Waals surface area (Å²) in [6.07, 6.45) is 1.84. The van der Waals surface area contributed by atoms with Crippen LogP contribution in [0.2, 0.25) is 0 Å². The van der Waals surface area contributed by atoms with Crippen molar-refractivity contribution >= 4 is 17.3 Å². The summed E-state index contributed by atoms with van der Waals surface area (Å²) >= 11 is 0. The number of nitrogens with zero attached hydrogens (tertiary/aromatic N) is 5. The average Bonchev–Trinajstić information content (AvgIpc) is 3.10. The van der Waals surface area contributed by atoms with Gasteiger partial charge in [0.2, 0.25) is 5.95 Å². The lowest BCUT2D eigenvalue weighted by atomic mass is 10.0. The molecule has 0 saturated carbocycles. The van der Waals surface area contributed by atoms with Gasteiger partial charge in [0.15, 0.2) is 0 Å². The molecule has 124 valence electrons. The Morgan fingerprint density at radius 1 is 1.20 bits per heavy atom. The van der Waals surface area contributed by atoms with E-state index >= 15 is 0 Å². The zero-order valence-electron chi connectivity index (χ0n) is 12.7. The molecular formula is C16H11FN6O2. The van der Waals surface area contributed by atoms with Crippen molar-refractivity contribution in [3.05, 3.63) is 81.7 Å². The Morgan fingerprint density at radius 3 is 2.76 bits per heavy atom. The quantitative estimate of drug-likeness (QED) is 0.582. The molecular weight excluding hydrogens is 327 g/mol. The fraction of sp³-hybridized carbons (Fsp3) is 0.0625. The van der Waals surface area contributed by atoms with Gasteiger partial charge >= 0.3 is 0 Å². The zero-order valence-corrected chi connectivity index (χ0v) is 12.7. The summed E-state index contributed by atoms with van der Waals surface area (Å²) in [4.78, 5) is 10.6. The predicted octanol–water partition coefficient (Wildman–Crippen LogP) is 2.78. The van der Waals surface area contributed by atoms with Crippen molar-refractivity contribution in [3.63, 3.8) is 0 Å². The Kier molecular flexibility index (Phi) is 3.46. The maximum absolute atomic E-state index is 13.2. The van der Waals surface area contributed by atoms with Crippen LogP contribution in [0.3, 0.4) is 0 Å². The van der Waals surface area contributed by atoms with Crippen molar-refractivity contribution < 1.29 is 9.31 Å². The first-order valence-electron chi connectivity index (χ1n) is 7.39. The van der Waals surface area contributed by atoms with E-state index in [4.69, 9.17) is 0 Å². The second kappa shape index (κ2) is 5.78. The monoisotopic (exact) mass is 338 g/mol. The number of anilines is 1. The molecule has 1 N–H and O–H groups in total. The van der Waals surface area contributed by atoms with Crippen LogP contribution < -0.4 is 5.32 Å². The first-order valence-corrected chi connectivity index (χ1v) is 7.39. The van der Waals surface area contributed by atoms with Gasteiger partial charge in [0.05, 0.1) is 4.92 Å². The number of hydrogen-bond donors (Lipinski definition) is 1. The molecule has 8 nitrogen and oxygen atoms in total. The third-order valence-electron chi connectivity index (χ3n) is 3.91. The second-order valence-corrected chi connectivity index (χ2v) is 5.46. The summed E-state index contributed by atoms with van der Waals surface area (Å²) in [6.45, 7) is 0. The van der Waals surface area contributed by atoms with E-state index in [0.29, 0.717) is 17.2 Å². The number of nitro groups is 1. The van der Waals surface area contributed by atoms with Crippen molar-refractivity contribution in [2.45, 2.75) is 6.04 Å². The van der Waals surface area contributed by atoms with Gasteiger partial charge in [-0.25, -0.2) is 4.39 Å². The van der Waals surface area contributed by atoms with Gasteiger partial charge in [-0.15, -0.1) is 0 Å². The van der Waals surface area contributed by atoms with Gasteiger partial charge in [-0.2, -0.15) is 4.68 Å². The van der Waals surface area contributed by atoms with Gasteiger partial charge in [-0.05, 0) is 51.9 Å². The molecule has 2 aromatic carbocycles. The van der Waals surface area contributed by atoms with E-state index in [1.807, 2.05) is 6.08 Å². The lowest BCUT2D eigenvalue weighted by molar-refractivity contribution is -0.384. The highest BCUT2D eigenvalue weighted by atomic mass is 19.1. The van der Waals surface area contributed by atoms with Crippen LogP contribution in [0.4, 0.5) is 16.0 Å². The summed E-state index contributed by atoms with van der Waals surface area (Å²) in [6, 6.07) is 11.9. The molecule has 9 heteroatoms. The molecule has 2 heterocycles. The fourth-order valence-corrected chi connectivity index (χ4v) is 2.71. The lowest BCUT2D eigenvalue weighted by Crippen LogP contribution is -2.20. The van der Waals surface area contributed by atoms with Crippen LogP contribution in [0, 0.1) is 15.9 Å². The van der Waals surface area contributed by atoms with E-state index in [2.05, 4.69) is 20.8 Å². The van der Waals surface area contributed by atoms with Gasteiger partial charge in [0.25, 0.3) is 5.69 Å². The topological polar surface area (TPSA) is 98.8 Å². The summed E-state index contributed by atoms with van der Waals surface area (Å²) in [7, 11) is 0. The molecule has 1 atom stereocenters. The molecule has 0 spiro atoms. The van der Waals surface area contributed by atoms with Crippen molar-refractivity contribution in [2.75, 3.05) is 5.32 Å². The van der Waals surface area contributed by atoms with Crippen molar-refractivity contribution in [3.8, 4) is 0 Å². The van der Waals surface area contributed by atoms with Crippen molar-refractivity contribution in [1.29, 1.82) is 0 Å². The third-order valence-corrected chi connectivity index (χ3v) is 3.91. The summed E-state index contributed by atoms with van der Waals surface area (Å²) < 4.78 is 14.7. The number of non-ortho nitro benzene ring substituents is 1. The normalized spacial score (nSPS) is 15.9. The summed E-state index contributed by atoms with van der Waals surface area (Å²) in [5, 5.41) is 25.7. The average molecular weight is 338 g/mol. The SMILES string of the molecule is O=[N+]([O-])c1cccc(C2C=C(c3ccc(F)cc3)Nc3nnnn32)c1. The van der Waals surface area contributed by atoms with E-state index in [1.165, 1.54) is 28.9 Å². The number of halogens is 1. The molecule has 0 fully saturated rings. The number of hydrogen-bond acceptors (Lipinski definition) is 6. The highest BCUT2D eigenvalue weighted by Gasteiger charge is 2.25. The minimum atomic E-state index is -0.449. The minimum Gasteiger partial charge on any atom is -0.323 e. The van der Waals surface area contributed by atoms with Crippen LogP contribution in [0.15, 0.2) is 54.6 Å². The van der Waals surface area contributed by atoms with Crippen LogP contribution >= 0.6 is 0 Å². The maximum Gasteiger partial charge on any atom is 0.269 e. The zero-order chi connectivity index (χ0) is 17.4. The lowest BCUT2D eigenvalue weighted by Gasteiger charge is -2.23. The van der Waals surface area contributed by atoms with E-state index < -0.39 is 11.0 Å². The molecule has 0 saturated heterocycles. The first kappa shape index (κ1) is 14.9. The number of nitrogens with one attached hydrogen (secondary N) is 1. The maximum atomic E-state index is 13.2. The number of benzene rings is 2. The van der Waals surface area contributed by atoms with Crippen LogP contribution in [-0.4, -0.2) is 25.1 Å². The van der Waals surface area contributed by atoms with Crippen molar-refractivity contribution in [2.24, 2.45) is 0 Å². The molecule has 0 amide bonds. The molecule has 3 aromatic rings. The van der Waals surface area contributed by atoms with Crippen LogP contribution in [0.1, 0.15) is 17.2 Å². The van der Waals surface area contributed by atoms with E-state index in [1.54, 1.807) is 24.3 Å². The van der Waals surface area contributed by atoms with Crippen LogP contribution in [0.5, 0.6) is 0 Å². The number of allylic oxidation sites excluding steroid dienone is 1. The number of fused-ring (bicyclic) bond motifs is 1. The number of tetrazole rings is 1. The molecule has 4 rings (SSSR count). The number of rotatable bonds is 3. The predicted molar refractivity (Wildman–Crippen MR) is 87.1 cm³/mol. The molecule has 1 aromatic heterocycles. The van der Waals surface area contributed by atoms with Gasteiger partial charge in [0, 0.05) is 17.8 Å². The standard InChI is InChI=1S/C16H11FN6O2/c17-12-6-4-10(5-7-12)14-9-15(22-16(18-14)19-20-21-22)11-2-1-3-13(8-11)23(24)25/h1-9,15H,(H,18,19,21). The summed E-state index contributed by atoms with van der Waals surface area (Å²) in [5.41, 5.74) is 2.11. The molecule has 0 aliphatic carbocycles. The Hall–Kier alpha value is -3.62. The molecule has 1 unspecified atom stereocenters. The highest BCUT2D eigenvalue weighted by Crippen LogP contribution is 2.32. The largest absolute Gasteiger partial charge is 0.323 e. The van der Waals surface area contributed by atoms with Crippen LogP contribution in [-0.2, 0) is 0 Å².